The first kappa shape index (κ1) is 44.0. The number of carbonyl (C=O) groups is 1. The molecule has 1 N–H and O–H groups in total. The third-order valence-corrected chi connectivity index (χ3v) is 8.68. The van der Waals surface area contributed by atoms with Crippen LogP contribution in [0.3, 0.4) is 0 Å². The topological polar surface area (TPSA) is 76.0 Å². The van der Waals surface area contributed by atoms with Crippen molar-refractivity contribution in [1.29, 1.82) is 0 Å². The minimum absolute atomic E-state index is 0.0157. The van der Waals surface area contributed by atoms with E-state index in [-0.39, 0.29) is 6.10 Å². The van der Waals surface area contributed by atoms with E-state index in [2.05, 4.69) is 24.0 Å². The van der Waals surface area contributed by atoms with Gasteiger partial charge >= 0.3 is 5.97 Å². The third-order valence-electron chi connectivity index (χ3n) is 8.68. The predicted octanol–water partition coefficient (Wildman–Crippen LogP) is 14.1. The molecule has 0 bridgehead atoms. The number of hydrogen-bond acceptors (Lipinski definition) is 4. The molecule has 5 heteroatoms. The van der Waals surface area contributed by atoms with E-state index < -0.39 is 5.97 Å². The zero-order chi connectivity index (χ0) is 31.9. The lowest BCUT2D eigenvalue weighted by Gasteiger charge is -2.06. The summed E-state index contributed by atoms with van der Waals surface area (Å²) in [5.41, 5.74) is 0. The summed E-state index contributed by atoms with van der Waals surface area (Å²) in [5.74, 6) is -0.657. The Morgan fingerprint density at radius 1 is 0.488 bits per heavy atom. The Labute approximate surface area is 269 Å². The van der Waals surface area contributed by atoms with E-state index >= 15 is 0 Å². The van der Waals surface area contributed by atoms with E-state index in [1.807, 2.05) is 6.92 Å². The molecule has 0 aromatic rings. The summed E-state index contributed by atoms with van der Waals surface area (Å²) in [5, 5.41) is 10.9. The van der Waals surface area contributed by atoms with Crippen LogP contribution < -0.4 is 0 Å². The average molecular weight is 612 g/mol. The zero-order valence-electron chi connectivity index (χ0n) is 29.5. The Morgan fingerprint density at radius 3 is 1.00 bits per heavy atom. The fraction of sp³-hybridized carbons (Fsp3) is 0.974. The van der Waals surface area contributed by atoms with E-state index in [9.17, 15) is 9.70 Å². The van der Waals surface area contributed by atoms with Gasteiger partial charge in [-0.3, -0.25) is 4.79 Å². The molecular weight excluding hydrogens is 534 g/mol. The summed E-state index contributed by atoms with van der Waals surface area (Å²) in [6.45, 7) is 6.45. The van der Waals surface area contributed by atoms with Crippen molar-refractivity contribution in [2.75, 3.05) is 0 Å². The second kappa shape index (κ2) is 40.9. The van der Waals surface area contributed by atoms with Gasteiger partial charge in [0.25, 0.3) is 0 Å². The molecule has 258 valence electrons. The van der Waals surface area contributed by atoms with Crippen molar-refractivity contribution in [1.82, 2.24) is 0 Å². The monoisotopic (exact) mass is 612 g/mol. The number of nitrogens with zero attached hydrogens (tertiary/aromatic N) is 1. The molecule has 0 aliphatic rings. The van der Waals surface area contributed by atoms with E-state index in [0.29, 0.717) is 6.42 Å². The van der Waals surface area contributed by atoms with Crippen molar-refractivity contribution in [3.8, 4) is 0 Å². The highest BCUT2D eigenvalue weighted by atomic mass is 16.7. The normalized spacial score (nSPS) is 11.6. The van der Waals surface area contributed by atoms with Gasteiger partial charge < -0.3 is 9.94 Å². The van der Waals surface area contributed by atoms with Crippen molar-refractivity contribution in [3.05, 3.63) is 4.91 Å². The van der Waals surface area contributed by atoms with Gasteiger partial charge in [0.2, 0.25) is 0 Å². The fourth-order valence-corrected chi connectivity index (χ4v) is 5.75. The van der Waals surface area contributed by atoms with Crippen LogP contribution >= 0.6 is 0 Å². The van der Waals surface area contributed by atoms with Crippen LogP contribution in [-0.2, 0) is 9.63 Å². The Morgan fingerprint density at radius 2 is 0.744 bits per heavy atom. The molecule has 1 unspecified atom stereocenters. The molecule has 0 aliphatic heterocycles. The van der Waals surface area contributed by atoms with E-state index in [4.69, 9.17) is 5.11 Å². The predicted molar refractivity (Wildman–Crippen MR) is 188 cm³/mol. The van der Waals surface area contributed by atoms with Gasteiger partial charge in [-0.1, -0.05) is 200 Å². The lowest BCUT2D eigenvalue weighted by Crippen LogP contribution is -2.02. The highest BCUT2D eigenvalue weighted by molar-refractivity contribution is 5.66. The van der Waals surface area contributed by atoms with Crippen molar-refractivity contribution in [2.24, 2.45) is 5.34 Å². The van der Waals surface area contributed by atoms with Crippen molar-refractivity contribution in [2.45, 2.75) is 239 Å². The quantitative estimate of drug-likeness (QED) is 0.0439. The number of aliphatic carboxylic acids is 1. The van der Waals surface area contributed by atoms with Gasteiger partial charge in [0.15, 0.2) is 5.34 Å². The molecule has 43 heavy (non-hydrogen) atoms. The minimum Gasteiger partial charge on any atom is -0.481 e. The number of carboxylic acids is 1. The summed E-state index contributed by atoms with van der Waals surface area (Å²) in [6, 6.07) is 0. The highest BCUT2D eigenvalue weighted by Gasteiger charge is 2.02. The molecular formula is C38H77NO4. The number of rotatable bonds is 35. The molecule has 0 rings (SSSR count). The van der Waals surface area contributed by atoms with Crippen LogP contribution in [0.1, 0.15) is 233 Å². The smallest absolute Gasteiger partial charge is 0.303 e. The van der Waals surface area contributed by atoms with Gasteiger partial charge in [-0.25, -0.2) is 0 Å². The SMILES string of the molecule is CCCCCCCCCCCCCC(=O)O.CCCCCCCCCCCCCCCCCCCCCCC(C)ON=O. The molecule has 0 saturated carbocycles. The Balaban J connectivity index is 0. The van der Waals surface area contributed by atoms with Crippen molar-refractivity contribution < 1.29 is 14.7 Å². The maximum Gasteiger partial charge on any atom is 0.303 e. The molecule has 0 aromatic carbocycles. The van der Waals surface area contributed by atoms with E-state index in [1.54, 1.807) is 0 Å². The summed E-state index contributed by atoms with van der Waals surface area (Å²) < 4.78 is 0. The first-order chi connectivity index (χ1) is 21.1. The van der Waals surface area contributed by atoms with Crippen LogP contribution in [0.5, 0.6) is 0 Å². The molecule has 0 fully saturated rings. The van der Waals surface area contributed by atoms with Crippen LogP contribution in [0.4, 0.5) is 0 Å². The molecule has 0 radical (unpaired) electrons. The first-order valence-corrected chi connectivity index (χ1v) is 19.3. The highest BCUT2D eigenvalue weighted by Crippen LogP contribution is 2.16. The van der Waals surface area contributed by atoms with Gasteiger partial charge in [0.05, 0.1) is 0 Å². The van der Waals surface area contributed by atoms with Crippen LogP contribution in [-0.4, -0.2) is 17.2 Å². The van der Waals surface area contributed by atoms with Crippen molar-refractivity contribution >= 4 is 5.97 Å². The maximum absolute atomic E-state index is 10.3. The molecule has 1 atom stereocenters. The average Bonchev–Trinajstić information content (AvgIpc) is 2.99. The summed E-state index contributed by atoms with van der Waals surface area (Å²) >= 11 is 0. The Bertz CT molecular complexity index is 528. The summed E-state index contributed by atoms with van der Waals surface area (Å²) in [6.07, 6.45) is 43.4. The Kier molecular flexibility index (Phi) is 41.8. The summed E-state index contributed by atoms with van der Waals surface area (Å²) in [4.78, 5) is 24.9. The Hall–Kier alpha value is -1.13. The largest absolute Gasteiger partial charge is 0.481 e. The van der Waals surface area contributed by atoms with Crippen LogP contribution in [0, 0.1) is 4.91 Å². The molecule has 0 aromatic heterocycles. The number of unbranched alkanes of at least 4 members (excludes halogenated alkanes) is 29. The van der Waals surface area contributed by atoms with Crippen LogP contribution in [0.25, 0.3) is 0 Å². The maximum atomic E-state index is 10.3. The molecule has 5 nitrogen and oxygen atoms in total. The van der Waals surface area contributed by atoms with Crippen LogP contribution in [0.2, 0.25) is 0 Å². The van der Waals surface area contributed by atoms with E-state index in [1.165, 1.54) is 180 Å². The second-order valence-electron chi connectivity index (χ2n) is 13.2. The molecule has 0 aliphatic carbocycles. The van der Waals surface area contributed by atoms with Gasteiger partial charge in [0.1, 0.15) is 6.10 Å². The standard InChI is InChI=1S/C24H49NO2.C14H28O2/c1-3-4-5-6-7-8-9-10-11-12-13-14-15-16-17-18-19-20-21-22-23-24(2)27-25-26;1-2-3-4-5-6-7-8-9-10-11-12-13-14(15)16/h24H,3-23H2,1-2H3;2-13H2,1H3,(H,15,16). The van der Waals surface area contributed by atoms with Crippen LogP contribution in [0.15, 0.2) is 5.34 Å². The lowest BCUT2D eigenvalue weighted by molar-refractivity contribution is -0.137. The van der Waals surface area contributed by atoms with Gasteiger partial charge in [0, 0.05) is 6.42 Å². The van der Waals surface area contributed by atoms with Crippen molar-refractivity contribution in [3.63, 3.8) is 0 Å². The van der Waals surface area contributed by atoms with Gasteiger partial charge in [-0.05, 0) is 26.2 Å². The second-order valence-corrected chi connectivity index (χ2v) is 13.2. The number of hydrogen-bond donors (Lipinski definition) is 1. The molecule has 0 heterocycles. The van der Waals surface area contributed by atoms with E-state index in [0.717, 1.165) is 25.7 Å². The lowest BCUT2D eigenvalue weighted by atomic mass is 10.0. The molecule has 0 saturated heterocycles. The summed E-state index contributed by atoms with van der Waals surface area (Å²) in [7, 11) is 0. The van der Waals surface area contributed by atoms with Gasteiger partial charge in [-0.15, -0.1) is 4.91 Å². The minimum atomic E-state index is -0.657. The third kappa shape index (κ3) is 45.4. The molecule has 0 spiro atoms. The van der Waals surface area contributed by atoms with Gasteiger partial charge in [-0.2, -0.15) is 0 Å². The molecule has 0 amide bonds. The zero-order valence-corrected chi connectivity index (χ0v) is 29.5. The number of carboxylic acid groups (broad SMARTS) is 1. The first-order valence-electron chi connectivity index (χ1n) is 19.3. The fourth-order valence-electron chi connectivity index (χ4n) is 5.75.